The molecule has 0 fully saturated rings. The largest absolute Gasteiger partial charge is 0.328 e. The van der Waals surface area contributed by atoms with E-state index in [-0.39, 0.29) is 6.04 Å². The molecule has 0 radical (unpaired) electrons. The molecule has 0 saturated heterocycles. The van der Waals surface area contributed by atoms with Crippen molar-refractivity contribution in [3.05, 3.63) is 54.4 Å². The van der Waals surface area contributed by atoms with Gasteiger partial charge in [0.25, 0.3) is 0 Å². The first kappa shape index (κ1) is 10.8. The Hall–Kier alpha value is -1.67. The molecule has 0 aliphatic heterocycles. The molecule has 0 spiro atoms. The second-order valence-corrected chi connectivity index (χ2v) is 4.12. The second-order valence-electron chi connectivity index (χ2n) is 4.12. The van der Waals surface area contributed by atoms with E-state index in [9.17, 15) is 0 Å². The van der Waals surface area contributed by atoms with Crippen LogP contribution >= 0.6 is 0 Å². The van der Waals surface area contributed by atoms with Gasteiger partial charge in [-0.15, -0.1) is 0 Å². The van der Waals surface area contributed by atoms with Crippen LogP contribution in [-0.2, 0) is 6.42 Å². The monoisotopic (exact) mass is 212 g/mol. The summed E-state index contributed by atoms with van der Waals surface area (Å²) in [6, 6.07) is 12.7. The number of hydrogen-bond acceptors (Lipinski definition) is 2. The molecule has 1 unspecified atom stereocenters. The fourth-order valence-corrected chi connectivity index (χ4v) is 1.78. The topological polar surface area (TPSA) is 38.9 Å². The highest BCUT2D eigenvalue weighted by atomic mass is 14.6. The highest BCUT2D eigenvalue weighted by Crippen LogP contribution is 2.19. The van der Waals surface area contributed by atoms with Crippen molar-refractivity contribution in [2.75, 3.05) is 0 Å². The number of aromatic nitrogens is 1. The Balaban J connectivity index is 2.29. The number of rotatable bonds is 3. The molecule has 0 aliphatic carbocycles. The normalized spacial score (nSPS) is 12.4. The van der Waals surface area contributed by atoms with Gasteiger partial charge in [-0.1, -0.05) is 30.3 Å². The quantitative estimate of drug-likeness (QED) is 0.849. The predicted molar refractivity (Wildman–Crippen MR) is 67.0 cm³/mol. The Kier molecular flexibility index (Phi) is 3.32. The summed E-state index contributed by atoms with van der Waals surface area (Å²) in [5, 5.41) is 0. The van der Waals surface area contributed by atoms with Crippen molar-refractivity contribution in [1.29, 1.82) is 0 Å². The molecule has 2 rings (SSSR count). The molecule has 0 saturated carbocycles. The maximum Gasteiger partial charge on any atom is 0.0346 e. The Morgan fingerprint density at radius 1 is 1.19 bits per heavy atom. The van der Waals surface area contributed by atoms with Gasteiger partial charge < -0.3 is 5.73 Å². The van der Waals surface area contributed by atoms with Crippen LogP contribution in [0.4, 0.5) is 0 Å². The molecule has 2 nitrogen and oxygen atoms in total. The van der Waals surface area contributed by atoms with Crippen LogP contribution in [0.1, 0.15) is 12.5 Å². The van der Waals surface area contributed by atoms with E-state index in [1.165, 1.54) is 11.1 Å². The summed E-state index contributed by atoms with van der Waals surface area (Å²) >= 11 is 0. The van der Waals surface area contributed by atoms with Gasteiger partial charge in [-0.3, -0.25) is 4.98 Å². The first-order valence-electron chi connectivity index (χ1n) is 5.50. The van der Waals surface area contributed by atoms with Crippen molar-refractivity contribution >= 4 is 0 Å². The molecule has 1 aromatic carbocycles. The van der Waals surface area contributed by atoms with E-state index in [2.05, 4.69) is 35.3 Å². The van der Waals surface area contributed by atoms with E-state index in [1.54, 1.807) is 6.20 Å². The van der Waals surface area contributed by atoms with Gasteiger partial charge in [-0.25, -0.2) is 0 Å². The fourth-order valence-electron chi connectivity index (χ4n) is 1.78. The van der Waals surface area contributed by atoms with Crippen molar-refractivity contribution in [3.63, 3.8) is 0 Å². The molecule has 0 amide bonds. The second kappa shape index (κ2) is 4.90. The summed E-state index contributed by atoms with van der Waals surface area (Å²) in [7, 11) is 0. The van der Waals surface area contributed by atoms with Gasteiger partial charge in [-0.2, -0.15) is 0 Å². The van der Waals surface area contributed by atoms with Crippen LogP contribution in [0.15, 0.2) is 48.8 Å². The highest BCUT2D eigenvalue weighted by molar-refractivity contribution is 5.62. The Morgan fingerprint density at radius 3 is 2.69 bits per heavy atom. The van der Waals surface area contributed by atoms with Crippen LogP contribution in [0.25, 0.3) is 11.1 Å². The summed E-state index contributed by atoms with van der Waals surface area (Å²) in [6.45, 7) is 2.02. The van der Waals surface area contributed by atoms with Crippen LogP contribution in [0.3, 0.4) is 0 Å². The summed E-state index contributed by atoms with van der Waals surface area (Å²) in [4.78, 5) is 4.13. The first-order valence-corrected chi connectivity index (χ1v) is 5.50. The van der Waals surface area contributed by atoms with Gasteiger partial charge in [0.05, 0.1) is 0 Å². The molecule has 0 bridgehead atoms. The SMILES string of the molecule is CC(N)Cc1cccc(-c2cccnc2)c1. The third-order valence-electron chi connectivity index (χ3n) is 2.48. The molecule has 2 heteroatoms. The standard InChI is InChI=1S/C14H16N2/c1-11(15)8-12-4-2-5-13(9-12)14-6-3-7-16-10-14/h2-7,9-11H,8,15H2,1H3. The maximum absolute atomic E-state index is 5.80. The van der Waals surface area contributed by atoms with Gasteiger partial charge in [-0.05, 0) is 36.1 Å². The molecular formula is C14H16N2. The number of hydrogen-bond donors (Lipinski definition) is 1. The lowest BCUT2D eigenvalue weighted by molar-refractivity contribution is 0.738. The summed E-state index contributed by atoms with van der Waals surface area (Å²) in [5.74, 6) is 0. The van der Waals surface area contributed by atoms with E-state index in [4.69, 9.17) is 5.73 Å². The molecule has 1 heterocycles. The lowest BCUT2D eigenvalue weighted by atomic mass is 10.0. The number of nitrogens with zero attached hydrogens (tertiary/aromatic N) is 1. The maximum atomic E-state index is 5.80. The average Bonchev–Trinajstić information content (AvgIpc) is 2.30. The van der Waals surface area contributed by atoms with Crippen LogP contribution in [0.2, 0.25) is 0 Å². The first-order chi connectivity index (χ1) is 7.75. The van der Waals surface area contributed by atoms with Crippen molar-refractivity contribution in [3.8, 4) is 11.1 Å². The molecule has 82 valence electrons. The number of benzene rings is 1. The Morgan fingerprint density at radius 2 is 2.00 bits per heavy atom. The van der Waals surface area contributed by atoms with Crippen molar-refractivity contribution in [2.45, 2.75) is 19.4 Å². The van der Waals surface area contributed by atoms with Gasteiger partial charge in [0.15, 0.2) is 0 Å². The summed E-state index contributed by atoms with van der Waals surface area (Å²) in [6.07, 6.45) is 4.58. The zero-order valence-electron chi connectivity index (χ0n) is 9.43. The molecule has 16 heavy (non-hydrogen) atoms. The zero-order valence-corrected chi connectivity index (χ0v) is 9.43. The summed E-state index contributed by atoms with van der Waals surface area (Å²) < 4.78 is 0. The number of pyridine rings is 1. The molecule has 0 aliphatic rings. The Labute approximate surface area is 96.1 Å². The van der Waals surface area contributed by atoms with Gasteiger partial charge in [0.1, 0.15) is 0 Å². The third kappa shape index (κ3) is 2.67. The summed E-state index contributed by atoms with van der Waals surface area (Å²) in [5.41, 5.74) is 9.42. The molecule has 1 aromatic heterocycles. The predicted octanol–water partition coefficient (Wildman–Crippen LogP) is 2.64. The van der Waals surface area contributed by atoms with E-state index in [0.717, 1.165) is 12.0 Å². The minimum absolute atomic E-state index is 0.198. The molecule has 1 atom stereocenters. The molecule has 2 N–H and O–H groups in total. The van der Waals surface area contributed by atoms with Gasteiger partial charge >= 0.3 is 0 Å². The van der Waals surface area contributed by atoms with Crippen LogP contribution in [-0.4, -0.2) is 11.0 Å². The minimum atomic E-state index is 0.198. The van der Waals surface area contributed by atoms with Crippen molar-refractivity contribution in [2.24, 2.45) is 5.73 Å². The van der Waals surface area contributed by atoms with Gasteiger partial charge in [0, 0.05) is 18.4 Å². The zero-order chi connectivity index (χ0) is 11.4. The lowest BCUT2D eigenvalue weighted by Crippen LogP contribution is -2.17. The highest BCUT2D eigenvalue weighted by Gasteiger charge is 2.01. The van der Waals surface area contributed by atoms with Crippen LogP contribution < -0.4 is 5.73 Å². The smallest absolute Gasteiger partial charge is 0.0346 e. The Bertz CT molecular complexity index is 449. The van der Waals surface area contributed by atoms with E-state index < -0.39 is 0 Å². The van der Waals surface area contributed by atoms with Gasteiger partial charge in [0.2, 0.25) is 0 Å². The van der Waals surface area contributed by atoms with Crippen LogP contribution in [0.5, 0.6) is 0 Å². The average molecular weight is 212 g/mol. The fraction of sp³-hybridized carbons (Fsp3) is 0.214. The van der Waals surface area contributed by atoms with Crippen molar-refractivity contribution < 1.29 is 0 Å². The van der Waals surface area contributed by atoms with Crippen molar-refractivity contribution in [1.82, 2.24) is 4.98 Å². The lowest BCUT2D eigenvalue weighted by Gasteiger charge is -2.07. The third-order valence-corrected chi connectivity index (χ3v) is 2.48. The number of nitrogens with two attached hydrogens (primary N) is 1. The molecule has 2 aromatic rings. The van der Waals surface area contributed by atoms with Crippen LogP contribution in [0, 0.1) is 0 Å². The minimum Gasteiger partial charge on any atom is -0.328 e. The van der Waals surface area contributed by atoms with E-state index in [0.29, 0.717) is 0 Å². The molecular weight excluding hydrogens is 196 g/mol. The van der Waals surface area contributed by atoms with E-state index >= 15 is 0 Å². The van der Waals surface area contributed by atoms with E-state index in [1.807, 2.05) is 19.2 Å².